The minimum atomic E-state index is 0.0211. The van der Waals surface area contributed by atoms with Crippen LogP contribution in [0.25, 0.3) is 21.6 Å². The Labute approximate surface area is 172 Å². The minimum absolute atomic E-state index is 0.0211. The maximum absolute atomic E-state index is 12.8. The second-order valence-electron chi connectivity index (χ2n) is 7.21. The van der Waals surface area contributed by atoms with Crippen molar-refractivity contribution in [3.63, 3.8) is 0 Å². The molecule has 3 heterocycles. The molecule has 0 spiro atoms. The lowest BCUT2D eigenvalue weighted by atomic mass is 9.98. The standard InChI is InChI=1S/C21H20N6OS/c28-19(14-27-24-20(23-25-27)15-7-2-1-3-8-15)26-12-6-9-16(13-26)21-22-17-10-4-5-11-18(17)29-21/h1-5,7-8,10-11,16H,6,9,12-14H2/t16-/m1/s1. The highest BCUT2D eigenvalue weighted by Crippen LogP contribution is 2.33. The summed E-state index contributed by atoms with van der Waals surface area (Å²) in [6, 6.07) is 17.8. The Morgan fingerprint density at radius 1 is 1.10 bits per heavy atom. The number of amides is 1. The number of likely N-dealkylation sites (tertiary alicyclic amines) is 1. The second-order valence-corrected chi connectivity index (χ2v) is 8.27. The molecule has 8 heteroatoms. The number of carbonyl (C=O) groups is 1. The third-order valence-electron chi connectivity index (χ3n) is 5.20. The summed E-state index contributed by atoms with van der Waals surface area (Å²) in [7, 11) is 0. The molecule has 0 aliphatic carbocycles. The molecule has 4 aromatic rings. The third-order valence-corrected chi connectivity index (χ3v) is 6.39. The van der Waals surface area contributed by atoms with Gasteiger partial charge in [0.25, 0.3) is 0 Å². The van der Waals surface area contributed by atoms with Gasteiger partial charge in [0.15, 0.2) is 0 Å². The van der Waals surface area contributed by atoms with Crippen LogP contribution in [-0.2, 0) is 11.3 Å². The largest absolute Gasteiger partial charge is 0.340 e. The van der Waals surface area contributed by atoms with Gasteiger partial charge in [-0.2, -0.15) is 4.80 Å². The van der Waals surface area contributed by atoms with Crippen LogP contribution < -0.4 is 0 Å². The van der Waals surface area contributed by atoms with E-state index in [-0.39, 0.29) is 18.4 Å². The number of tetrazole rings is 1. The molecule has 5 rings (SSSR count). The predicted molar refractivity (Wildman–Crippen MR) is 111 cm³/mol. The van der Waals surface area contributed by atoms with Crippen molar-refractivity contribution in [2.24, 2.45) is 0 Å². The van der Waals surface area contributed by atoms with Crippen molar-refractivity contribution in [3.8, 4) is 11.4 Å². The first kappa shape index (κ1) is 17.9. The molecule has 146 valence electrons. The van der Waals surface area contributed by atoms with Crippen LogP contribution in [0.15, 0.2) is 54.6 Å². The molecular formula is C21H20N6OS. The van der Waals surface area contributed by atoms with Gasteiger partial charge in [-0.3, -0.25) is 4.79 Å². The van der Waals surface area contributed by atoms with Crippen molar-refractivity contribution in [1.82, 2.24) is 30.1 Å². The van der Waals surface area contributed by atoms with Gasteiger partial charge in [-0.15, -0.1) is 21.5 Å². The van der Waals surface area contributed by atoms with Gasteiger partial charge in [-0.1, -0.05) is 42.5 Å². The molecule has 7 nitrogen and oxygen atoms in total. The molecule has 0 saturated carbocycles. The minimum Gasteiger partial charge on any atom is -0.340 e. The van der Waals surface area contributed by atoms with Crippen LogP contribution in [0.5, 0.6) is 0 Å². The van der Waals surface area contributed by atoms with E-state index >= 15 is 0 Å². The Bertz CT molecular complexity index is 1110. The number of para-hydroxylation sites is 1. The Balaban J connectivity index is 1.27. The molecule has 2 aromatic heterocycles. The molecule has 0 unspecified atom stereocenters. The fourth-order valence-corrected chi connectivity index (χ4v) is 4.80. The van der Waals surface area contributed by atoms with Gasteiger partial charge >= 0.3 is 0 Å². The summed E-state index contributed by atoms with van der Waals surface area (Å²) in [5, 5.41) is 13.6. The fraction of sp³-hybridized carbons (Fsp3) is 0.286. The van der Waals surface area contributed by atoms with Crippen molar-refractivity contribution in [2.75, 3.05) is 13.1 Å². The molecule has 1 aliphatic heterocycles. The van der Waals surface area contributed by atoms with Crippen molar-refractivity contribution in [2.45, 2.75) is 25.3 Å². The number of benzene rings is 2. The van der Waals surface area contributed by atoms with Crippen molar-refractivity contribution in [1.29, 1.82) is 0 Å². The van der Waals surface area contributed by atoms with Crippen LogP contribution in [0.2, 0.25) is 0 Å². The van der Waals surface area contributed by atoms with Gasteiger partial charge in [-0.05, 0) is 30.2 Å². The van der Waals surface area contributed by atoms with Gasteiger partial charge in [0, 0.05) is 24.6 Å². The number of aromatic nitrogens is 5. The van der Waals surface area contributed by atoms with E-state index in [2.05, 4.69) is 21.5 Å². The monoisotopic (exact) mass is 404 g/mol. The summed E-state index contributed by atoms with van der Waals surface area (Å²) in [6.45, 7) is 1.56. The molecule has 1 amide bonds. The van der Waals surface area contributed by atoms with Gasteiger partial charge in [0.2, 0.25) is 11.7 Å². The molecule has 0 radical (unpaired) electrons. The third kappa shape index (κ3) is 3.75. The van der Waals surface area contributed by atoms with E-state index in [1.165, 1.54) is 9.50 Å². The normalized spacial score (nSPS) is 17.0. The molecule has 1 aliphatic rings. The summed E-state index contributed by atoms with van der Waals surface area (Å²) in [6.07, 6.45) is 2.04. The topological polar surface area (TPSA) is 76.8 Å². The Morgan fingerprint density at radius 3 is 2.79 bits per heavy atom. The highest BCUT2D eigenvalue weighted by molar-refractivity contribution is 7.18. The first-order chi connectivity index (χ1) is 14.3. The molecule has 2 aromatic carbocycles. The van der Waals surface area contributed by atoms with Crippen LogP contribution in [-0.4, -0.2) is 49.1 Å². The number of piperidine rings is 1. The van der Waals surface area contributed by atoms with Crippen molar-refractivity contribution < 1.29 is 4.79 Å². The molecular weight excluding hydrogens is 384 g/mol. The summed E-state index contributed by atoms with van der Waals surface area (Å²) < 4.78 is 1.20. The first-order valence-corrected chi connectivity index (χ1v) is 10.5. The van der Waals surface area contributed by atoms with Crippen LogP contribution >= 0.6 is 11.3 Å². The number of fused-ring (bicyclic) bond motifs is 1. The van der Waals surface area contributed by atoms with E-state index in [1.54, 1.807) is 11.3 Å². The molecule has 0 bridgehead atoms. The summed E-state index contributed by atoms with van der Waals surface area (Å²) >= 11 is 1.73. The van der Waals surface area contributed by atoms with Crippen LogP contribution in [0.3, 0.4) is 0 Å². The van der Waals surface area contributed by atoms with E-state index in [0.29, 0.717) is 12.4 Å². The van der Waals surface area contributed by atoms with Gasteiger partial charge in [0.05, 0.1) is 15.2 Å². The van der Waals surface area contributed by atoms with Crippen LogP contribution in [0.4, 0.5) is 0 Å². The van der Waals surface area contributed by atoms with Gasteiger partial charge in [0.1, 0.15) is 6.54 Å². The Hall–Kier alpha value is -3.13. The van der Waals surface area contributed by atoms with Gasteiger partial charge < -0.3 is 4.90 Å². The lowest BCUT2D eigenvalue weighted by Gasteiger charge is -2.31. The average molecular weight is 404 g/mol. The lowest BCUT2D eigenvalue weighted by Crippen LogP contribution is -2.41. The lowest BCUT2D eigenvalue weighted by molar-refractivity contribution is -0.133. The van der Waals surface area contributed by atoms with Gasteiger partial charge in [-0.25, -0.2) is 4.98 Å². The van der Waals surface area contributed by atoms with E-state index in [4.69, 9.17) is 4.98 Å². The van der Waals surface area contributed by atoms with E-state index < -0.39 is 0 Å². The van der Waals surface area contributed by atoms with Crippen molar-refractivity contribution in [3.05, 3.63) is 59.6 Å². The smallest absolute Gasteiger partial charge is 0.246 e. The van der Waals surface area contributed by atoms with E-state index in [0.717, 1.165) is 35.5 Å². The summed E-state index contributed by atoms with van der Waals surface area (Å²) in [5.41, 5.74) is 1.93. The molecule has 1 atom stereocenters. The predicted octanol–water partition coefficient (Wildman–Crippen LogP) is 3.36. The number of thiazole rings is 1. The van der Waals surface area contributed by atoms with Crippen molar-refractivity contribution >= 4 is 27.5 Å². The zero-order valence-corrected chi connectivity index (χ0v) is 16.6. The number of carbonyl (C=O) groups excluding carboxylic acids is 1. The SMILES string of the molecule is O=C(Cn1nnc(-c2ccccc2)n1)N1CCC[C@@H](c2nc3ccccc3s2)C1. The van der Waals surface area contributed by atoms with Crippen LogP contribution in [0, 0.1) is 0 Å². The maximum atomic E-state index is 12.8. The zero-order chi connectivity index (χ0) is 19.6. The highest BCUT2D eigenvalue weighted by atomic mass is 32.1. The average Bonchev–Trinajstić information content (AvgIpc) is 3.41. The first-order valence-electron chi connectivity index (χ1n) is 9.73. The van der Waals surface area contributed by atoms with E-state index in [1.807, 2.05) is 53.4 Å². The number of hydrogen-bond donors (Lipinski definition) is 0. The fourth-order valence-electron chi connectivity index (χ4n) is 3.70. The summed E-state index contributed by atoms with van der Waals surface area (Å²) in [5.74, 6) is 0.839. The second kappa shape index (κ2) is 7.71. The highest BCUT2D eigenvalue weighted by Gasteiger charge is 2.27. The Kier molecular flexibility index (Phi) is 4.77. The molecule has 1 saturated heterocycles. The number of rotatable bonds is 4. The quantitative estimate of drug-likeness (QED) is 0.521. The maximum Gasteiger partial charge on any atom is 0.246 e. The number of hydrogen-bond acceptors (Lipinski definition) is 6. The molecule has 29 heavy (non-hydrogen) atoms. The Morgan fingerprint density at radius 2 is 1.93 bits per heavy atom. The zero-order valence-electron chi connectivity index (χ0n) is 15.8. The number of nitrogens with zero attached hydrogens (tertiary/aromatic N) is 6. The molecule has 0 N–H and O–H groups in total. The van der Waals surface area contributed by atoms with Crippen LogP contribution in [0.1, 0.15) is 23.8 Å². The summed E-state index contributed by atoms with van der Waals surface area (Å²) in [4.78, 5) is 20.9. The van der Waals surface area contributed by atoms with E-state index in [9.17, 15) is 4.79 Å². The molecule has 1 fully saturated rings.